The highest BCUT2D eigenvalue weighted by Crippen LogP contribution is 2.10. The molecule has 1 aromatic heterocycles. The molecular formula is C25H40Cl2N8. The second-order valence-corrected chi connectivity index (χ2v) is 7.77. The molecule has 0 saturated carbocycles. The molecule has 8 nitrogen and oxygen atoms in total. The average molecular weight is 524 g/mol. The van der Waals surface area contributed by atoms with Crippen molar-refractivity contribution in [2.24, 2.45) is 27.9 Å². The molecule has 0 fully saturated rings. The monoisotopic (exact) mass is 522 g/mol. The van der Waals surface area contributed by atoms with E-state index in [1.54, 1.807) is 18.5 Å². The van der Waals surface area contributed by atoms with Crippen LogP contribution in [-0.2, 0) is 12.8 Å². The molecule has 9 N–H and O–H groups in total. The SMILES string of the molecule is Cc1ccc(CCN)cc1C.Cc1ccc(CCN=C(N)N)cc1C.Cl.Cl.N=C(N)n1cccn1. The first-order valence-electron chi connectivity index (χ1n) is 10.9. The molecule has 0 amide bonds. The van der Waals surface area contributed by atoms with Crippen LogP contribution in [0.25, 0.3) is 0 Å². The molecule has 0 aliphatic heterocycles. The first-order valence-corrected chi connectivity index (χ1v) is 10.9. The molecule has 3 aromatic rings. The van der Waals surface area contributed by atoms with Gasteiger partial charge in [0.15, 0.2) is 5.96 Å². The number of halogens is 2. The highest BCUT2D eigenvalue weighted by Gasteiger charge is 1.96. The van der Waals surface area contributed by atoms with E-state index in [1.807, 2.05) is 0 Å². The van der Waals surface area contributed by atoms with E-state index in [2.05, 4.69) is 74.2 Å². The Hall–Kier alpha value is -3.07. The van der Waals surface area contributed by atoms with Crippen molar-refractivity contribution in [2.75, 3.05) is 13.1 Å². The number of hydrogen-bond acceptors (Lipinski definition) is 4. The van der Waals surface area contributed by atoms with Crippen LogP contribution in [-0.4, -0.2) is 34.8 Å². The molecule has 0 spiro atoms. The number of nitrogen functional groups attached to an aromatic ring is 1. The lowest BCUT2D eigenvalue weighted by Gasteiger charge is -2.03. The van der Waals surface area contributed by atoms with Crippen LogP contribution < -0.4 is 22.9 Å². The van der Waals surface area contributed by atoms with Gasteiger partial charge in [0, 0.05) is 18.9 Å². The van der Waals surface area contributed by atoms with Crippen LogP contribution in [0.4, 0.5) is 0 Å². The van der Waals surface area contributed by atoms with E-state index in [0.717, 1.165) is 19.4 Å². The number of nitrogens with one attached hydrogen (secondary N) is 1. The summed E-state index contributed by atoms with van der Waals surface area (Å²) >= 11 is 0. The number of aryl methyl sites for hydroxylation is 4. The molecule has 0 radical (unpaired) electrons. The average Bonchev–Trinajstić information content (AvgIpc) is 3.30. The van der Waals surface area contributed by atoms with Crippen molar-refractivity contribution in [1.82, 2.24) is 9.78 Å². The number of hydrogen-bond donors (Lipinski definition) is 5. The minimum Gasteiger partial charge on any atom is -0.370 e. The van der Waals surface area contributed by atoms with Crippen molar-refractivity contribution < 1.29 is 0 Å². The summed E-state index contributed by atoms with van der Waals surface area (Å²) < 4.78 is 1.28. The highest BCUT2D eigenvalue weighted by atomic mass is 35.5. The summed E-state index contributed by atoms with van der Waals surface area (Å²) in [5.41, 5.74) is 28.9. The van der Waals surface area contributed by atoms with Gasteiger partial charge in [0.05, 0.1) is 0 Å². The second-order valence-electron chi connectivity index (χ2n) is 7.77. The molecule has 0 bridgehead atoms. The number of rotatable bonds is 5. The molecule has 1 heterocycles. The molecule has 0 aliphatic rings. The summed E-state index contributed by atoms with van der Waals surface area (Å²) in [6.45, 7) is 9.87. The molecule has 194 valence electrons. The lowest BCUT2D eigenvalue weighted by molar-refractivity contribution is 0.912. The molecular weight excluding hydrogens is 483 g/mol. The summed E-state index contributed by atoms with van der Waals surface area (Å²) in [6.07, 6.45) is 5.06. The van der Waals surface area contributed by atoms with E-state index in [-0.39, 0.29) is 36.7 Å². The van der Waals surface area contributed by atoms with Crippen molar-refractivity contribution >= 4 is 36.7 Å². The van der Waals surface area contributed by atoms with Gasteiger partial charge in [-0.3, -0.25) is 10.4 Å². The van der Waals surface area contributed by atoms with Gasteiger partial charge in [-0.1, -0.05) is 36.4 Å². The van der Waals surface area contributed by atoms with Crippen LogP contribution in [0.2, 0.25) is 0 Å². The Kier molecular flexibility index (Phi) is 17.8. The summed E-state index contributed by atoms with van der Waals surface area (Å²) in [4.78, 5) is 3.94. The second kappa shape index (κ2) is 18.3. The van der Waals surface area contributed by atoms with E-state index in [0.29, 0.717) is 6.54 Å². The van der Waals surface area contributed by atoms with Gasteiger partial charge in [-0.05, 0) is 86.5 Å². The molecule has 0 saturated heterocycles. The Morgan fingerprint density at radius 2 is 1.37 bits per heavy atom. The van der Waals surface area contributed by atoms with Crippen LogP contribution in [0.1, 0.15) is 33.4 Å². The lowest BCUT2D eigenvalue weighted by Crippen LogP contribution is -2.23. The van der Waals surface area contributed by atoms with Crippen LogP contribution >= 0.6 is 24.8 Å². The number of aliphatic imine (C=N–C) groups is 1. The third kappa shape index (κ3) is 14.0. The van der Waals surface area contributed by atoms with Crippen LogP contribution in [0, 0.1) is 33.1 Å². The summed E-state index contributed by atoms with van der Waals surface area (Å²) in [7, 11) is 0. The minimum atomic E-state index is -0.0602. The highest BCUT2D eigenvalue weighted by molar-refractivity contribution is 5.85. The van der Waals surface area contributed by atoms with Gasteiger partial charge in [0.1, 0.15) is 0 Å². The van der Waals surface area contributed by atoms with Crippen LogP contribution in [0.5, 0.6) is 0 Å². The van der Waals surface area contributed by atoms with Crippen molar-refractivity contribution in [3.8, 4) is 0 Å². The Balaban J connectivity index is 0. The zero-order valence-electron chi connectivity index (χ0n) is 21.0. The van der Waals surface area contributed by atoms with Gasteiger partial charge in [-0.15, -0.1) is 24.8 Å². The fourth-order valence-corrected chi connectivity index (χ4v) is 2.81. The number of benzene rings is 2. The van der Waals surface area contributed by atoms with E-state index < -0.39 is 0 Å². The molecule has 3 rings (SSSR count). The van der Waals surface area contributed by atoms with Gasteiger partial charge in [-0.2, -0.15) is 5.10 Å². The van der Waals surface area contributed by atoms with Gasteiger partial charge in [0.25, 0.3) is 0 Å². The fourth-order valence-electron chi connectivity index (χ4n) is 2.81. The van der Waals surface area contributed by atoms with Gasteiger partial charge in [-0.25, -0.2) is 4.68 Å². The number of nitrogens with zero attached hydrogens (tertiary/aromatic N) is 3. The normalized spacial score (nSPS) is 9.17. The molecule has 10 heteroatoms. The Morgan fingerprint density at radius 3 is 1.71 bits per heavy atom. The molecule has 0 aliphatic carbocycles. The lowest BCUT2D eigenvalue weighted by atomic mass is 10.0. The van der Waals surface area contributed by atoms with Crippen molar-refractivity contribution in [3.63, 3.8) is 0 Å². The van der Waals surface area contributed by atoms with Crippen LogP contribution in [0.15, 0.2) is 59.9 Å². The Labute approximate surface area is 221 Å². The predicted octanol–water partition coefficient (Wildman–Crippen LogP) is 3.39. The maximum absolute atomic E-state index is 6.83. The summed E-state index contributed by atoms with van der Waals surface area (Å²) in [6, 6.07) is 14.6. The van der Waals surface area contributed by atoms with E-state index in [9.17, 15) is 0 Å². The first kappa shape index (κ1) is 34.1. The van der Waals surface area contributed by atoms with Gasteiger partial charge in [0.2, 0.25) is 5.96 Å². The summed E-state index contributed by atoms with van der Waals surface area (Å²) in [5.74, 6) is 0.101. The maximum Gasteiger partial charge on any atom is 0.213 e. The number of aromatic nitrogens is 2. The standard InChI is InChI=1S/C11H17N3.C10H15N.C4H6N4.2ClH/c1-8-3-4-10(7-9(8)2)5-6-14-11(12)13;1-8-3-4-10(5-6-11)7-9(8)2;5-4(6)8-3-1-2-7-8;;/h3-4,7H,5-6H2,1-2H3,(H4,12,13,14);3-4,7H,5-6,11H2,1-2H3;1-3H,(H3,5,6);2*1H. The summed E-state index contributed by atoms with van der Waals surface area (Å²) in [5, 5.41) is 10.5. The van der Waals surface area contributed by atoms with E-state index >= 15 is 0 Å². The third-order valence-corrected chi connectivity index (χ3v) is 5.02. The van der Waals surface area contributed by atoms with E-state index in [4.69, 9.17) is 28.3 Å². The Morgan fingerprint density at radius 1 is 0.857 bits per heavy atom. The maximum atomic E-state index is 6.83. The van der Waals surface area contributed by atoms with Gasteiger partial charge < -0.3 is 22.9 Å². The van der Waals surface area contributed by atoms with Crippen molar-refractivity contribution in [2.45, 2.75) is 40.5 Å². The van der Waals surface area contributed by atoms with Gasteiger partial charge >= 0.3 is 0 Å². The Bertz CT molecular complexity index is 1030. The zero-order chi connectivity index (χ0) is 24.8. The van der Waals surface area contributed by atoms with Crippen molar-refractivity contribution in [3.05, 3.63) is 88.2 Å². The largest absolute Gasteiger partial charge is 0.370 e. The smallest absolute Gasteiger partial charge is 0.213 e. The molecule has 0 unspecified atom stereocenters. The molecule has 0 atom stereocenters. The number of guanidine groups is 1. The minimum absolute atomic E-state index is 0. The quantitative estimate of drug-likeness (QED) is 0.256. The van der Waals surface area contributed by atoms with Crippen LogP contribution in [0.3, 0.4) is 0 Å². The molecule has 35 heavy (non-hydrogen) atoms. The predicted molar refractivity (Wildman–Crippen MR) is 153 cm³/mol. The third-order valence-electron chi connectivity index (χ3n) is 5.02. The topological polar surface area (TPSA) is 158 Å². The molecule has 2 aromatic carbocycles. The number of nitrogens with two attached hydrogens (primary N) is 4. The first-order chi connectivity index (χ1) is 15.6. The van der Waals surface area contributed by atoms with Crippen molar-refractivity contribution in [1.29, 1.82) is 5.41 Å². The van der Waals surface area contributed by atoms with E-state index in [1.165, 1.54) is 38.1 Å². The zero-order valence-corrected chi connectivity index (χ0v) is 22.6. The fraction of sp³-hybridized carbons (Fsp3) is 0.320.